The molecule has 1 unspecified atom stereocenters. The number of hydrogen-bond acceptors (Lipinski definition) is 3. The lowest BCUT2D eigenvalue weighted by molar-refractivity contribution is 0.222. The number of likely N-dealkylation sites (N-methyl/N-ethyl adjacent to an activating group) is 1. The molecule has 0 aliphatic carbocycles. The van der Waals surface area contributed by atoms with Crippen LogP contribution in [0.2, 0.25) is 0 Å². The largest absolute Gasteiger partial charge is 0.355 e. The minimum absolute atomic E-state index is 0. The summed E-state index contributed by atoms with van der Waals surface area (Å²) < 4.78 is 0. The number of aliphatic imine (C=N–C) groups is 1. The molecule has 2 aliphatic rings. The highest BCUT2D eigenvalue weighted by Gasteiger charge is 2.22. The van der Waals surface area contributed by atoms with Gasteiger partial charge < -0.3 is 20.9 Å². The molecule has 1 aromatic rings. The van der Waals surface area contributed by atoms with Crippen LogP contribution in [0.4, 0.5) is 10.5 Å². The van der Waals surface area contributed by atoms with E-state index < -0.39 is 0 Å². The van der Waals surface area contributed by atoms with Gasteiger partial charge in [-0.1, -0.05) is 19.1 Å². The summed E-state index contributed by atoms with van der Waals surface area (Å²) in [6, 6.07) is 8.57. The normalized spacial score (nSPS) is 19.7. The maximum Gasteiger partial charge on any atom is 0.321 e. The molecule has 0 spiro atoms. The van der Waals surface area contributed by atoms with Gasteiger partial charge in [-0.2, -0.15) is 0 Å². The molecule has 2 aliphatic heterocycles. The average Bonchev–Trinajstić information content (AvgIpc) is 3.40. The molecule has 0 radical (unpaired) electrons. The zero-order valence-corrected chi connectivity index (χ0v) is 19.9. The van der Waals surface area contributed by atoms with Gasteiger partial charge in [0.25, 0.3) is 0 Å². The Labute approximate surface area is 191 Å². The molecule has 2 saturated heterocycles. The fraction of sp³-hybridized carbons (Fsp3) is 0.619. The molecule has 0 saturated carbocycles. The second kappa shape index (κ2) is 12.2. The van der Waals surface area contributed by atoms with Crippen LogP contribution in [-0.2, 0) is 6.54 Å². The smallest absolute Gasteiger partial charge is 0.321 e. The van der Waals surface area contributed by atoms with Gasteiger partial charge in [-0.25, -0.2) is 4.79 Å². The van der Waals surface area contributed by atoms with Crippen molar-refractivity contribution >= 4 is 41.7 Å². The zero-order valence-electron chi connectivity index (χ0n) is 17.6. The van der Waals surface area contributed by atoms with Gasteiger partial charge in [0, 0.05) is 45.0 Å². The van der Waals surface area contributed by atoms with Gasteiger partial charge >= 0.3 is 6.03 Å². The Balaban J connectivity index is 0.00000300. The molecule has 3 rings (SSSR count). The quantitative estimate of drug-likeness (QED) is 0.310. The van der Waals surface area contributed by atoms with Gasteiger partial charge in [0.05, 0.1) is 0 Å². The second-order valence-corrected chi connectivity index (χ2v) is 7.56. The van der Waals surface area contributed by atoms with Crippen molar-refractivity contribution in [3.63, 3.8) is 0 Å². The Hall–Kier alpha value is -1.55. The molecule has 3 N–H and O–H groups in total. The number of carbonyl (C=O) groups is 1. The molecule has 1 aromatic carbocycles. The first-order valence-corrected chi connectivity index (χ1v) is 10.5. The molecule has 29 heavy (non-hydrogen) atoms. The molecule has 2 amide bonds. The first-order chi connectivity index (χ1) is 13.7. The van der Waals surface area contributed by atoms with E-state index in [2.05, 4.69) is 38.8 Å². The molecule has 7 nitrogen and oxygen atoms in total. The topological polar surface area (TPSA) is 72.0 Å². The minimum atomic E-state index is -0.00266. The number of urea groups is 1. The summed E-state index contributed by atoms with van der Waals surface area (Å²) >= 11 is 0. The van der Waals surface area contributed by atoms with Crippen LogP contribution in [0.5, 0.6) is 0 Å². The number of guanidine groups is 1. The highest BCUT2D eigenvalue weighted by Crippen LogP contribution is 2.16. The first-order valence-electron chi connectivity index (χ1n) is 10.5. The van der Waals surface area contributed by atoms with Gasteiger partial charge in [0.15, 0.2) is 5.96 Å². The molecule has 162 valence electrons. The predicted molar refractivity (Wildman–Crippen MR) is 130 cm³/mol. The van der Waals surface area contributed by atoms with Crippen molar-refractivity contribution in [1.82, 2.24) is 20.4 Å². The number of carbonyl (C=O) groups excluding carboxylic acids is 1. The van der Waals surface area contributed by atoms with E-state index >= 15 is 0 Å². The van der Waals surface area contributed by atoms with E-state index in [0.29, 0.717) is 12.6 Å². The number of nitrogens with zero attached hydrogens (tertiary/aromatic N) is 3. The molecule has 0 bridgehead atoms. The Kier molecular flexibility index (Phi) is 9.99. The highest BCUT2D eigenvalue weighted by molar-refractivity contribution is 14.0. The third-order valence-corrected chi connectivity index (χ3v) is 5.67. The van der Waals surface area contributed by atoms with E-state index in [9.17, 15) is 4.79 Å². The summed E-state index contributed by atoms with van der Waals surface area (Å²) in [6.45, 7) is 7.81. The summed E-state index contributed by atoms with van der Waals surface area (Å²) in [5.41, 5.74) is 1.95. The summed E-state index contributed by atoms with van der Waals surface area (Å²) in [4.78, 5) is 21.0. The van der Waals surface area contributed by atoms with Gasteiger partial charge in [0.1, 0.15) is 0 Å². The van der Waals surface area contributed by atoms with Crippen molar-refractivity contribution < 1.29 is 4.79 Å². The molecule has 2 heterocycles. The first kappa shape index (κ1) is 23.7. The standard InChI is InChI=1S/C21H34N6O.HI/c1-3-26-13-7-10-19(26)16-24-20(22-2)23-15-17-8-6-9-18(14-17)25-21(28)27-11-4-5-12-27;/h6,8-9,14,19H,3-5,7,10-13,15-16H2,1-2H3,(H,25,28)(H2,22,23,24);1H. The number of amides is 2. The number of rotatable bonds is 6. The van der Waals surface area contributed by atoms with Gasteiger partial charge in [-0.3, -0.25) is 9.89 Å². The number of halogens is 1. The Morgan fingerprint density at radius 2 is 1.97 bits per heavy atom. The number of benzene rings is 1. The fourth-order valence-electron chi connectivity index (χ4n) is 4.05. The number of likely N-dealkylation sites (tertiary alicyclic amines) is 2. The summed E-state index contributed by atoms with van der Waals surface area (Å²) in [5, 5.41) is 9.83. The minimum Gasteiger partial charge on any atom is -0.355 e. The molecule has 2 fully saturated rings. The Morgan fingerprint density at radius 3 is 2.69 bits per heavy atom. The van der Waals surface area contributed by atoms with Crippen LogP contribution in [0, 0.1) is 0 Å². The fourth-order valence-corrected chi connectivity index (χ4v) is 4.05. The van der Waals surface area contributed by atoms with Crippen molar-refractivity contribution in [2.75, 3.05) is 45.1 Å². The van der Waals surface area contributed by atoms with Gasteiger partial charge in [-0.05, 0) is 56.5 Å². The lowest BCUT2D eigenvalue weighted by atomic mass is 10.2. The van der Waals surface area contributed by atoms with Crippen LogP contribution in [0.15, 0.2) is 29.3 Å². The average molecular weight is 514 g/mol. The lowest BCUT2D eigenvalue weighted by Crippen LogP contribution is -2.44. The third kappa shape index (κ3) is 7.02. The van der Waals surface area contributed by atoms with Crippen LogP contribution < -0.4 is 16.0 Å². The van der Waals surface area contributed by atoms with Crippen molar-refractivity contribution in [2.24, 2.45) is 4.99 Å². The van der Waals surface area contributed by atoms with E-state index in [0.717, 1.165) is 56.2 Å². The van der Waals surface area contributed by atoms with E-state index in [1.165, 1.54) is 19.4 Å². The maximum atomic E-state index is 12.3. The molecular formula is C21H35IN6O. The summed E-state index contributed by atoms with van der Waals surface area (Å²) in [5.74, 6) is 0.814. The predicted octanol–water partition coefficient (Wildman–Crippen LogP) is 3.08. The van der Waals surface area contributed by atoms with E-state index in [-0.39, 0.29) is 30.0 Å². The maximum absolute atomic E-state index is 12.3. The molecular weight excluding hydrogens is 479 g/mol. The number of nitrogens with one attached hydrogen (secondary N) is 3. The number of hydrogen-bond donors (Lipinski definition) is 3. The monoisotopic (exact) mass is 514 g/mol. The van der Waals surface area contributed by atoms with Crippen LogP contribution in [-0.4, -0.2) is 67.6 Å². The van der Waals surface area contributed by atoms with Crippen molar-refractivity contribution in [1.29, 1.82) is 0 Å². The van der Waals surface area contributed by atoms with Crippen LogP contribution in [0.1, 0.15) is 38.2 Å². The summed E-state index contributed by atoms with van der Waals surface area (Å²) in [6.07, 6.45) is 4.72. The lowest BCUT2D eigenvalue weighted by Gasteiger charge is -2.24. The molecule has 0 aromatic heterocycles. The highest BCUT2D eigenvalue weighted by atomic mass is 127. The van der Waals surface area contributed by atoms with Crippen molar-refractivity contribution in [3.05, 3.63) is 29.8 Å². The number of anilines is 1. The SMILES string of the molecule is CCN1CCCC1CNC(=NC)NCc1cccc(NC(=O)N2CCCC2)c1.I. The van der Waals surface area contributed by atoms with Crippen LogP contribution in [0.25, 0.3) is 0 Å². The van der Waals surface area contributed by atoms with Crippen molar-refractivity contribution in [2.45, 2.75) is 45.2 Å². The van der Waals surface area contributed by atoms with Crippen LogP contribution >= 0.6 is 24.0 Å². The van der Waals surface area contributed by atoms with E-state index in [4.69, 9.17) is 0 Å². The zero-order chi connectivity index (χ0) is 19.8. The molecule has 8 heteroatoms. The van der Waals surface area contributed by atoms with Gasteiger partial charge in [-0.15, -0.1) is 24.0 Å². The Morgan fingerprint density at radius 1 is 1.17 bits per heavy atom. The van der Waals surface area contributed by atoms with E-state index in [1.807, 2.05) is 23.1 Å². The third-order valence-electron chi connectivity index (χ3n) is 5.67. The Bertz CT molecular complexity index is 677. The second-order valence-electron chi connectivity index (χ2n) is 7.56. The van der Waals surface area contributed by atoms with Crippen molar-refractivity contribution in [3.8, 4) is 0 Å². The van der Waals surface area contributed by atoms with E-state index in [1.54, 1.807) is 7.05 Å². The van der Waals surface area contributed by atoms with Crippen LogP contribution in [0.3, 0.4) is 0 Å². The van der Waals surface area contributed by atoms with Gasteiger partial charge in [0.2, 0.25) is 0 Å². The summed E-state index contributed by atoms with van der Waals surface area (Å²) in [7, 11) is 1.80. The molecule has 1 atom stereocenters.